The summed E-state index contributed by atoms with van der Waals surface area (Å²) in [7, 11) is 0. The first-order valence-electron chi connectivity index (χ1n) is 5.99. The molecule has 0 heterocycles. The van der Waals surface area contributed by atoms with Gasteiger partial charge in [0, 0.05) is 16.3 Å². The molecule has 0 atom stereocenters. The predicted octanol–water partition coefficient (Wildman–Crippen LogP) is 2.62. The van der Waals surface area contributed by atoms with Crippen LogP contribution in [0.25, 0.3) is 0 Å². The molecule has 4 nitrogen and oxygen atoms in total. The molecule has 2 rings (SSSR count). The number of rotatable bonds is 4. The number of amides is 2. The second kappa shape index (κ2) is 6.21. The molecular formula is C15H13ClN2O2. The maximum Gasteiger partial charge on any atom is 0.248 e. The van der Waals surface area contributed by atoms with Crippen LogP contribution in [-0.4, -0.2) is 11.8 Å². The highest BCUT2D eigenvalue weighted by Gasteiger charge is 2.05. The van der Waals surface area contributed by atoms with Crippen molar-refractivity contribution in [3.8, 4) is 0 Å². The Morgan fingerprint density at radius 3 is 2.15 bits per heavy atom. The molecule has 0 saturated heterocycles. The van der Waals surface area contributed by atoms with Crippen molar-refractivity contribution in [1.82, 2.24) is 0 Å². The molecule has 3 N–H and O–H groups in total. The van der Waals surface area contributed by atoms with Crippen molar-refractivity contribution >= 4 is 29.1 Å². The lowest BCUT2D eigenvalue weighted by Crippen LogP contribution is -2.15. The molecule has 0 aromatic heterocycles. The molecule has 0 bridgehead atoms. The SMILES string of the molecule is NC(=O)c1ccc(NC(=O)Cc2ccc(Cl)cc2)cc1. The zero-order valence-electron chi connectivity index (χ0n) is 10.6. The van der Waals surface area contributed by atoms with Gasteiger partial charge in [0.25, 0.3) is 0 Å². The minimum Gasteiger partial charge on any atom is -0.366 e. The summed E-state index contributed by atoms with van der Waals surface area (Å²) >= 11 is 5.78. The van der Waals surface area contributed by atoms with Crippen LogP contribution in [0.3, 0.4) is 0 Å². The molecule has 2 aromatic rings. The lowest BCUT2D eigenvalue weighted by molar-refractivity contribution is -0.115. The topological polar surface area (TPSA) is 72.2 Å². The van der Waals surface area contributed by atoms with E-state index in [9.17, 15) is 9.59 Å². The number of nitrogens with one attached hydrogen (secondary N) is 1. The second-order valence-electron chi connectivity index (χ2n) is 4.29. The van der Waals surface area contributed by atoms with Gasteiger partial charge in [0.15, 0.2) is 0 Å². The molecule has 0 aliphatic heterocycles. The Morgan fingerprint density at radius 2 is 1.60 bits per heavy atom. The molecule has 0 aliphatic carbocycles. The number of primary amides is 1. The lowest BCUT2D eigenvalue weighted by Gasteiger charge is -2.06. The lowest BCUT2D eigenvalue weighted by atomic mass is 10.1. The van der Waals surface area contributed by atoms with Crippen molar-refractivity contribution in [2.75, 3.05) is 5.32 Å². The van der Waals surface area contributed by atoms with E-state index in [-0.39, 0.29) is 12.3 Å². The van der Waals surface area contributed by atoms with E-state index in [4.69, 9.17) is 17.3 Å². The molecule has 0 radical (unpaired) electrons. The van der Waals surface area contributed by atoms with Crippen molar-refractivity contribution in [3.05, 3.63) is 64.7 Å². The van der Waals surface area contributed by atoms with E-state index in [1.807, 2.05) is 0 Å². The Labute approximate surface area is 121 Å². The van der Waals surface area contributed by atoms with Crippen LogP contribution < -0.4 is 11.1 Å². The summed E-state index contributed by atoms with van der Waals surface area (Å²) in [4.78, 5) is 22.8. The molecule has 5 heteroatoms. The van der Waals surface area contributed by atoms with Gasteiger partial charge in [0.1, 0.15) is 0 Å². The molecule has 2 amide bonds. The van der Waals surface area contributed by atoms with E-state index in [1.165, 1.54) is 0 Å². The van der Waals surface area contributed by atoms with Crippen LogP contribution >= 0.6 is 11.6 Å². The highest BCUT2D eigenvalue weighted by atomic mass is 35.5. The Hall–Kier alpha value is -2.33. The molecule has 0 unspecified atom stereocenters. The number of carbonyl (C=O) groups is 2. The largest absolute Gasteiger partial charge is 0.366 e. The van der Waals surface area contributed by atoms with E-state index in [1.54, 1.807) is 48.5 Å². The van der Waals surface area contributed by atoms with E-state index in [2.05, 4.69) is 5.32 Å². The summed E-state index contributed by atoms with van der Waals surface area (Å²) in [6.07, 6.45) is 0.259. The molecule has 2 aromatic carbocycles. The van der Waals surface area contributed by atoms with Gasteiger partial charge in [-0.15, -0.1) is 0 Å². The van der Waals surface area contributed by atoms with Gasteiger partial charge in [-0.3, -0.25) is 9.59 Å². The van der Waals surface area contributed by atoms with E-state index < -0.39 is 5.91 Å². The van der Waals surface area contributed by atoms with Crippen LogP contribution in [0.1, 0.15) is 15.9 Å². The minimum atomic E-state index is -0.496. The van der Waals surface area contributed by atoms with Gasteiger partial charge in [0.05, 0.1) is 6.42 Å². The fourth-order valence-corrected chi connectivity index (χ4v) is 1.84. The van der Waals surface area contributed by atoms with Crippen LogP contribution in [-0.2, 0) is 11.2 Å². The van der Waals surface area contributed by atoms with Crippen LogP contribution in [0.5, 0.6) is 0 Å². The monoisotopic (exact) mass is 288 g/mol. The van der Waals surface area contributed by atoms with Crippen LogP contribution in [0.4, 0.5) is 5.69 Å². The van der Waals surface area contributed by atoms with Gasteiger partial charge in [-0.25, -0.2) is 0 Å². The number of carbonyl (C=O) groups excluding carboxylic acids is 2. The zero-order chi connectivity index (χ0) is 14.5. The smallest absolute Gasteiger partial charge is 0.248 e. The van der Waals surface area contributed by atoms with Gasteiger partial charge in [-0.05, 0) is 42.0 Å². The standard InChI is InChI=1S/C15H13ClN2O2/c16-12-5-1-10(2-6-12)9-14(19)18-13-7-3-11(4-8-13)15(17)20/h1-8H,9H2,(H2,17,20)(H,18,19). The highest BCUT2D eigenvalue weighted by Crippen LogP contribution is 2.12. The Balaban J connectivity index is 1.97. The minimum absolute atomic E-state index is 0.140. The fraction of sp³-hybridized carbons (Fsp3) is 0.0667. The Kier molecular flexibility index (Phi) is 4.38. The molecular weight excluding hydrogens is 276 g/mol. The highest BCUT2D eigenvalue weighted by molar-refractivity contribution is 6.30. The Bertz CT molecular complexity index is 621. The maximum atomic E-state index is 11.8. The summed E-state index contributed by atoms with van der Waals surface area (Å²) in [6.45, 7) is 0. The first-order valence-corrected chi connectivity index (χ1v) is 6.36. The van der Waals surface area contributed by atoms with Gasteiger partial charge >= 0.3 is 0 Å². The van der Waals surface area contributed by atoms with E-state index in [0.717, 1.165) is 5.56 Å². The third kappa shape index (κ3) is 3.83. The van der Waals surface area contributed by atoms with E-state index in [0.29, 0.717) is 16.3 Å². The number of hydrogen-bond acceptors (Lipinski definition) is 2. The summed E-state index contributed by atoms with van der Waals surface area (Å²) in [5, 5.41) is 3.38. The number of nitrogens with two attached hydrogens (primary N) is 1. The fourth-order valence-electron chi connectivity index (χ4n) is 1.71. The van der Waals surface area contributed by atoms with Crippen molar-refractivity contribution in [3.63, 3.8) is 0 Å². The zero-order valence-corrected chi connectivity index (χ0v) is 11.4. The van der Waals surface area contributed by atoms with Crippen LogP contribution in [0.15, 0.2) is 48.5 Å². The molecule has 0 aliphatic rings. The summed E-state index contributed by atoms with van der Waals surface area (Å²) in [5.41, 5.74) is 7.04. The number of halogens is 1. The second-order valence-corrected chi connectivity index (χ2v) is 4.73. The number of anilines is 1. The average molecular weight is 289 g/mol. The number of benzene rings is 2. The van der Waals surface area contributed by atoms with Crippen molar-refractivity contribution in [2.24, 2.45) is 5.73 Å². The first-order chi connectivity index (χ1) is 9.54. The van der Waals surface area contributed by atoms with Gasteiger partial charge in [-0.2, -0.15) is 0 Å². The van der Waals surface area contributed by atoms with E-state index >= 15 is 0 Å². The van der Waals surface area contributed by atoms with Gasteiger partial charge < -0.3 is 11.1 Å². The van der Waals surface area contributed by atoms with Crippen LogP contribution in [0.2, 0.25) is 5.02 Å². The summed E-state index contributed by atoms with van der Waals surface area (Å²) in [5.74, 6) is -0.636. The summed E-state index contributed by atoms with van der Waals surface area (Å²) in [6, 6.07) is 13.5. The molecule has 0 spiro atoms. The molecule has 20 heavy (non-hydrogen) atoms. The van der Waals surface area contributed by atoms with Gasteiger partial charge in [-0.1, -0.05) is 23.7 Å². The Morgan fingerprint density at radius 1 is 1.00 bits per heavy atom. The van der Waals surface area contributed by atoms with Crippen molar-refractivity contribution in [2.45, 2.75) is 6.42 Å². The van der Waals surface area contributed by atoms with Crippen LogP contribution in [0, 0.1) is 0 Å². The first kappa shape index (κ1) is 14.1. The summed E-state index contributed by atoms with van der Waals surface area (Å²) < 4.78 is 0. The molecule has 0 saturated carbocycles. The normalized spacial score (nSPS) is 10.1. The average Bonchev–Trinajstić information content (AvgIpc) is 2.42. The quantitative estimate of drug-likeness (QED) is 0.908. The third-order valence-electron chi connectivity index (χ3n) is 2.73. The van der Waals surface area contributed by atoms with Crippen molar-refractivity contribution in [1.29, 1.82) is 0 Å². The van der Waals surface area contributed by atoms with Gasteiger partial charge in [0.2, 0.25) is 11.8 Å². The molecule has 102 valence electrons. The van der Waals surface area contributed by atoms with Crippen molar-refractivity contribution < 1.29 is 9.59 Å². The predicted molar refractivity (Wildman–Crippen MR) is 78.7 cm³/mol. The maximum absolute atomic E-state index is 11.8. The molecule has 0 fully saturated rings. The third-order valence-corrected chi connectivity index (χ3v) is 2.98. The number of hydrogen-bond donors (Lipinski definition) is 2.